The van der Waals surface area contributed by atoms with Crippen molar-refractivity contribution in [3.05, 3.63) is 29.6 Å². The quantitative estimate of drug-likeness (QED) is 0.546. The Balaban J connectivity index is 2.93. The molecule has 12 heavy (non-hydrogen) atoms. The largest absolute Gasteiger partial charge is 0.283 e. The Labute approximate surface area is 89.4 Å². The Morgan fingerprint density at radius 2 is 2.42 bits per heavy atom. The van der Waals surface area contributed by atoms with Gasteiger partial charge < -0.3 is 0 Å². The van der Waals surface area contributed by atoms with Gasteiger partial charge in [-0.2, -0.15) is 0 Å². The summed E-state index contributed by atoms with van der Waals surface area (Å²) in [4.78, 5) is 4.40. The molecular formula is C8H9AlNS2. The smallest absolute Gasteiger partial charge is 0.251 e. The van der Waals surface area contributed by atoms with Gasteiger partial charge >= 0.3 is 0 Å². The first-order chi connectivity index (χ1) is 5.77. The lowest BCUT2D eigenvalue weighted by molar-refractivity contribution is 1.03. The molecule has 1 nitrogen and oxygen atoms in total. The minimum absolute atomic E-state index is 0.878. The Morgan fingerprint density at radius 1 is 1.67 bits per heavy atom. The Morgan fingerprint density at radius 3 is 3.00 bits per heavy atom. The highest BCUT2D eigenvalue weighted by atomic mass is 32.3. The minimum Gasteiger partial charge on any atom is -0.251 e. The number of thiocarbonyl (C=S) groups is 1. The maximum Gasteiger partial charge on any atom is 0.283 e. The summed E-state index contributed by atoms with van der Waals surface area (Å²) < 4.78 is 0.878. The zero-order chi connectivity index (χ0) is 8.97. The maximum atomic E-state index is 5.14. The topological polar surface area (TPSA) is 12.9 Å². The molecule has 0 bridgehead atoms. The van der Waals surface area contributed by atoms with Gasteiger partial charge in [-0.15, -0.1) is 0 Å². The Bertz CT molecular complexity index is 288. The van der Waals surface area contributed by atoms with Crippen molar-refractivity contribution in [2.75, 3.05) is 0 Å². The molecule has 0 aliphatic heterocycles. The van der Waals surface area contributed by atoms with Crippen molar-refractivity contribution in [3.63, 3.8) is 0 Å². The van der Waals surface area contributed by atoms with Crippen molar-refractivity contribution < 1.29 is 0 Å². The first-order valence-corrected chi connectivity index (χ1v) is 6.82. The average molecular weight is 210 g/mol. The van der Waals surface area contributed by atoms with Crippen LogP contribution in [0.4, 0.5) is 0 Å². The van der Waals surface area contributed by atoms with Crippen LogP contribution >= 0.6 is 22.3 Å². The second kappa shape index (κ2) is 4.98. The van der Waals surface area contributed by atoms with Crippen molar-refractivity contribution >= 4 is 41.7 Å². The normalized spacial score (nSPS) is 9.75. The molecule has 0 saturated heterocycles. The average Bonchev–Trinajstić information content (AvgIpc) is 2.17. The maximum absolute atomic E-state index is 5.14. The third kappa shape index (κ3) is 2.56. The Kier molecular flexibility index (Phi) is 4.24. The second-order valence-corrected chi connectivity index (χ2v) is 4.53. The number of pyridine rings is 1. The summed E-state index contributed by atoms with van der Waals surface area (Å²) in [6.07, 6.45) is 0.965. The molecule has 1 radical (unpaired) electrons. The van der Waals surface area contributed by atoms with Crippen LogP contribution in [-0.2, 0) is 6.42 Å². The third-order valence-electron chi connectivity index (χ3n) is 1.51. The van der Waals surface area contributed by atoms with Crippen molar-refractivity contribution in [1.82, 2.24) is 4.98 Å². The lowest BCUT2D eigenvalue weighted by atomic mass is 10.3. The van der Waals surface area contributed by atoms with Crippen LogP contribution in [0, 0.1) is 0 Å². The summed E-state index contributed by atoms with van der Waals surface area (Å²) in [5.41, 5.74) is 2.04. The number of aryl methyl sites for hydroxylation is 1. The summed E-state index contributed by atoms with van der Waals surface area (Å²) in [6.45, 7) is 2.09. The fraction of sp³-hybridized carbons (Fsp3) is 0.250. The van der Waals surface area contributed by atoms with E-state index in [1.807, 2.05) is 18.2 Å². The van der Waals surface area contributed by atoms with Crippen molar-refractivity contribution in [1.29, 1.82) is 0 Å². The van der Waals surface area contributed by atoms with Crippen LogP contribution in [0.2, 0.25) is 0 Å². The van der Waals surface area contributed by atoms with Crippen molar-refractivity contribution in [2.45, 2.75) is 13.3 Å². The van der Waals surface area contributed by atoms with E-state index in [-0.39, 0.29) is 0 Å². The molecule has 0 unspecified atom stereocenters. The van der Waals surface area contributed by atoms with Crippen LogP contribution in [0.15, 0.2) is 18.2 Å². The molecule has 0 aliphatic rings. The van der Waals surface area contributed by atoms with Gasteiger partial charge in [-0.25, -0.2) is 10.1 Å². The van der Waals surface area contributed by atoms with Gasteiger partial charge in [0.15, 0.2) is 0 Å². The van der Waals surface area contributed by atoms with Crippen LogP contribution in [0.3, 0.4) is 0 Å². The van der Waals surface area contributed by atoms with E-state index in [2.05, 4.69) is 11.9 Å². The van der Waals surface area contributed by atoms with Gasteiger partial charge in [-0.05, 0) is 18.6 Å². The predicted molar refractivity (Wildman–Crippen MR) is 60.1 cm³/mol. The van der Waals surface area contributed by atoms with Crippen LogP contribution in [0.1, 0.15) is 18.3 Å². The van der Waals surface area contributed by atoms with Gasteiger partial charge in [0.1, 0.15) is 0 Å². The number of hydrogen-bond donors (Lipinski definition) is 0. The molecule has 0 fully saturated rings. The summed E-state index contributed by atoms with van der Waals surface area (Å²) in [5, 5.41) is 0. The van der Waals surface area contributed by atoms with E-state index in [0.29, 0.717) is 0 Å². The van der Waals surface area contributed by atoms with E-state index >= 15 is 0 Å². The van der Waals surface area contributed by atoms with E-state index in [0.717, 1.165) is 22.0 Å². The van der Waals surface area contributed by atoms with Gasteiger partial charge in [0, 0.05) is 5.69 Å². The van der Waals surface area contributed by atoms with E-state index in [1.165, 1.54) is 0 Å². The number of aromatic nitrogens is 1. The van der Waals surface area contributed by atoms with Gasteiger partial charge in [0.05, 0.1) is 9.89 Å². The van der Waals surface area contributed by atoms with Gasteiger partial charge in [-0.1, -0.05) is 25.2 Å². The predicted octanol–water partition coefficient (Wildman–Crippen LogP) is 1.87. The van der Waals surface area contributed by atoms with Gasteiger partial charge in [-0.3, -0.25) is 4.98 Å². The summed E-state index contributed by atoms with van der Waals surface area (Å²) in [6, 6.07) is 5.99. The number of rotatable bonds is 2. The van der Waals surface area contributed by atoms with E-state index in [9.17, 15) is 0 Å². The lowest BCUT2D eigenvalue weighted by Gasteiger charge is -2.01. The van der Waals surface area contributed by atoms with E-state index in [1.54, 1.807) is 25.3 Å². The highest BCUT2D eigenvalue weighted by molar-refractivity contribution is 8.37. The van der Waals surface area contributed by atoms with Gasteiger partial charge in [0.2, 0.25) is 0 Å². The molecule has 1 aromatic heterocycles. The molecule has 0 aliphatic carbocycles. The zero-order valence-electron chi connectivity index (χ0n) is 6.91. The fourth-order valence-corrected chi connectivity index (χ4v) is 1.68. The zero-order valence-corrected chi connectivity index (χ0v) is 9.96. The summed E-state index contributed by atoms with van der Waals surface area (Å²) >= 11 is 6.93. The highest BCUT2D eigenvalue weighted by Gasteiger charge is 1.99. The minimum atomic E-state index is 0.878. The summed E-state index contributed by atoms with van der Waals surface area (Å²) in [7, 11) is 1.59. The lowest BCUT2D eigenvalue weighted by Crippen LogP contribution is -1.98. The fourth-order valence-electron chi connectivity index (χ4n) is 0.864. The molecule has 1 heterocycles. The van der Waals surface area contributed by atoms with Crippen LogP contribution < -0.4 is 0 Å². The van der Waals surface area contributed by atoms with Crippen molar-refractivity contribution in [3.8, 4) is 0 Å². The Hall–Kier alpha value is 0.122. The molecule has 1 rings (SSSR count). The van der Waals surface area contributed by atoms with E-state index < -0.39 is 0 Å². The third-order valence-corrected chi connectivity index (χ3v) is 4.04. The molecular weight excluding hydrogens is 201 g/mol. The van der Waals surface area contributed by atoms with E-state index in [4.69, 9.17) is 12.2 Å². The summed E-state index contributed by atoms with van der Waals surface area (Å²) in [5.74, 6) is 0. The van der Waals surface area contributed by atoms with Crippen LogP contribution in [0.5, 0.6) is 0 Å². The molecule has 61 valence electrons. The number of nitrogens with zero attached hydrogens (tertiary/aromatic N) is 1. The molecule has 4 heteroatoms. The molecule has 0 atom stereocenters. The number of hydrogen-bond acceptors (Lipinski definition) is 3. The van der Waals surface area contributed by atoms with Gasteiger partial charge in [0.25, 0.3) is 15.2 Å². The molecule has 0 amide bonds. The molecule has 0 N–H and O–H groups in total. The van der Waals surface area contributed by atoms with Crippen LogP contribution in [0.25, 0.3) is 0 Å². The highest BCUT2D eigenvalue weighted by Crippen LogP contribution is 2.08. The molecule has 1 aromatic rings. The monoisotopic (exact) mass is 210 g/mol. The first kappa shape index (κ1) is 10.2. The molecule has 0 aromatic carbocycles. The van der Waals surface area contributed by atoms with Crippen molar-refractivity contribution in [2.24, 2.45) is 0 Å². The SMILES string of the molecule is CCc1cccc(C(=S)[S][AlH])n1. The van der Waals surface area contributed by atoms with Crippen LogP contribution in [-0.4, -0.2) is 24.3 Å². The first-order valence-electron chi connectivity index (χ1n) is 3.70. The molecule has 0 saturated carbocycles. The standard InChI is InChI=1S/C8H9NS2.Al.H/c1-2-6-4-3-5-7(9-6)8(10)11;;/h3-5H,2H2,1H3,(H,10,11);;/q;+1;/p-1. The second-order valence-electron chi connectivity index (χ2n) is 2.30. The molecule has 0 spiro atoms.